The van der Waals surface area contributed by atoms with Crippen LogP contribution in [0.5, 0.6) is 0 Å². The van der Waals surface area contributed by atoms with Gasteiger partial charge in [-0.05, 0) is 13.8 Å². The van der Waals surface area contributed by atoms with Crippen molar-refractivity contribution in [2.24, 2.45) is 12.8 Å². The summed E-state index contributed by atoms with van der Waals surface area (Å²) >= 11 is 0. The lowest BCUT2D eigenvalue weighted by molar-refractivity contribution is 0.730. The van der Waals surface area contributed by atoms with Gasteiger partial charge < -0.3 is 5.73 Å². The van der Waals surface area contributed by atoms with Crippen LogP contribution in [0, 0.1) is 6.92 Å². The number of rotatable bonds is 1. The molecular weight excluding hydrogens is 126 g/mol. The van der Waals surface area contributed by atoms with Crippen LogP contribution < -0.4 is 5.73 Å². The van der Waals surface area contributed by atoms with E-state index in [9.17, 15) is 0 Å². The molecule has 0 saturated heterocycles. The highest BCUT2D eigenvalue weighted by molar-refractivity contribution is 5.18. The lowest BCUT2D eigenvalue weighted by Crippen LogP contribution is -2.06. The molecule has 0 radical (unpaired) electrons. The van der Waals surface area contributed by atoms with E-state index in [4.69, 9.17) is 5.73 Å². The summed E-state index contributed by atoms with van der Waals surface area (Å²) in [6.45, 7) is 3.98. The third-order valence-electron chi connectivity index (χ3n) is 1.76. The zero-order valence-electron chi connectivity index (χ0n) is 6.63. The van der Waals surface area contributed by atoms with Gasteiger partial charge in [0.25, 0.3) is 0 Å². The first-order valence-corrected chi connectivity index (χ1v) is 3.37. The molecule has 0 saturated carbocycles. The molecule has 1 heterocycles. The molecule has 0 aliphatic rings. The molecule has 10 heavy (non-hydrogen) atoms. The summed E-state index contributed by atoms with van der Waals surface area (Å²) in [5.74, 6) is 0. The van der Waals surface area contributed by atoms with Crippen LogP contribution in [0.25, 0.3) is 0 Å². The molecular formula is C7H13N3. The van der Waals surface area contributed by atoms with Crippen molar-refractivity contribution in [3.05, 3.63) is 17.5 Å². The Balaban J connectivity index is 3.05. The van der Waals surface area contributed by atoms with Crippen molar-refractivity contribution in [2.75, 3.05) is 0 Å². The molecule has 1 aromatic heterocycles. The Kier molecular flexibility index (Phi) is 1.76. The molecule has 0 spiro atoms. The molecule has 0 aromatic carbocycles. The van der Waals surface area contributed by atoms with Crippen LogP contribution in [-0.4, -0.2) is 9.78 Å². The fraction of sp³-hybridized carbons (Fsp3) is 0.571. The summed E-state index contributed by atoms with van der Waals surface area (Å²) in [6.07, 6.45) is 1.82. The maximum atomic E-state index is 5.67. The Morgan fingerprint density at radius 3 is 2.50 bits per heavy atom. The lowest BCUT2D eigenvalue weighted by Gasteiger charge is -2.02. The predicted molar refractivity (Wildman–Crippen MR) is 40.5 cm³/mol. The molecule has 0 amide bonds. The van der Waals surface area contributed by atoms with E-state index < -0.39 is 0 Å². The minimum atomic E-state index is 0.0914. The molecule has 0 unspecified atom stereocenters. The first-order chi connectivity index (χ1) is 4.63. The normalized spacial score (nSPS) is 13.6. The molecule has 3 heteroatoms. The van der Waals surface area contributed by atoms with Gasteiger partial charge in [0.1, 0.15) is 0 Å². The smallest absolute Gasteiger partial charge is 0.0540 e. The highest BCUT2D eigenvalue weighted by Crippen LogP contribution is 2.12. The van der Waals surface area contributed by atoms with Crippen LogP contribution in [0.1, 0.15) is 24.2 Å². The molecule has 0 bridgehead atoms. The Morgan fingerprint density at radius 2 is 2.30 bits per heavy atom. The number of aromatic nitrogens is 2. The lowest BCUT2D eigenvalue weighted by atomic mass is 10.1. The zero-order chi connectivity index (χ0) is 7.72. The van der Waals surface area contributed by atoms with Crippen molar-refractivity contribution < 1.29 is 0 Å². The van der Waals surface area contributed by atoms with Gasteiger partial charge in [-0.15, -0.1) is 0 Å². The van der Waals surface area contributed by atoms with Gasteiger partial charge in [0.05, 0.1) is 6.20 Å². The summed E-state index contributed by atoms with van der Waals surface area (Å²) < 4.78 is 1.83. The van der Waals surface area contributed by atoms with Crippen LogP contribution in [0.4, 0.5) is 0 Å². The largest absolute Gasteiger partial charge is 0.324 e. The third-order valence-corrected chi connectivity index (χ3v) is 1.76. The molecule has 1 rings (SSSR count). The molecule has 0 aliphatic heterocycles. The minimum Gasteiger partial charge on any atom is -0.324 e. The van der Waals surface area contributed by atoms with Gasteiger partial charge in [0, 0.05) is 24.3 Å². The van der Waals surface area contributed by atoms with Gasteiger partial charge in [-0.3, -0.25) is 4.68 Å². The number of nitrogens with zero attached hydrogens (tertiary/aromatic N) is 2. The molecule has 56 valence electrons. The summed E-state index contributed by atoms with van der Waals surface area (Å²) in [5, 5.41) is 4.07. The van der Waals surface area contributed by atoms with E-state index >= 15 is 0 Å². The van der Waals surface area contributed by atoms with E-state index in [1.54, 1.807) is 0 Å². The van der Waals surface area contributed by atoms with Gasteiger partial charge in [-0.25, -0.2) is 0 Å². The number of hydrogen-bond acceptors (Lipinski definition) is 2. The van der Waals surface area contributed by atoms with Crippen molar-refractivity contribution in [1.29, 1.82) is 0 Å². The summed E-state index contributed by atoms with van der Waals surface area (Å²) in [7, 11) is 1.92. The van der Waals surface area contributed by atoms with Crippen LogP contribution in [-0.2, 0) is 7.05 Å². The summed E-state index contributed by atoms with van der Waals surface area (Å²) in [5.41, 5.74) is 7.95. The molecule has 1 aromatic rings. The van der Waals surface area contributed by atoms with E-state index in [1.807, 2.05) is 31.8 Å². The Bertz CT molecular complexity index is 225. The van der Waals surface area contributed by atoms with Gasteiger partial charge in [-0.1, -0.05) is 0 Å². The second-order valence-corrected chi connectivity index (χ2v) is 2.60. The second-order valence-electron chi connectivity index (χ2n) is 2.60. The average molecular weight is 139 g/mol. The summed E-state index contributed by atoms with van der Waals surface area (Å²) in [4.78, 5) is 0. The fourth-order valence-corrected chi connectivity index (χ4v) is 0.963. The van der Waals surface area contributed by atoms with Crippen molar-refractivity contribution in [3.8, 4) is 0 Å². The van der Waals surface area contributed by atoms with E-state index in [0.29, 0.717) is 0 Å². The first-order valence-electron chi connectivity index (χ1n) is 3.37. The van der Waals surface area contributed by atoms with E-state index in [2.05, 4.69) is 5.10 Å². The van der Waals surface area contributed by atoms with E-state index in [0.717, 1.165) is 11.3 Å². The fourth-order valence-electron chi connectivity index (χ4n) is 0.963. The number of aryl methyl sites for hydroxylation is 1. The van der Waals surface area contributed by atoms with Crippen molar-refractivity contribution in [2.45, 2.75) is 19.9 Å². The SMILES string of the molecule is Cc1c([C@H](C)N)cnn1C. The van der Waals surface area contributed by atoms with Crippen LogP contribution >= 0.6 is 0 Å². The molecule has 0 aliphatic carbocycles. The van der Waals surface area contributed by atoms with Gasteiger partial charge >= 0.3 is 0 Å². The highest BCUT2D eigenvalue weighted by Gasteiger charge is 2.06. The van der Waals surface area contributed by atoms with Crippen molar-refractivity contribution in [3.63, 3.8) is 0 Å². The van der Waals surface area contributed by atoms with E-state index in [1.165, 1.54) is 0 Å². The van der Waals surface area contributed by atoms with Crippen LogP contribution in [0.15, 0.2) is 6.20 Å². The molecule has 1 atom stereocenters. The minimum absolute atomic E-state index is 0.0914. The zero-order valence-corrected chi connectivity index (χ0v) is 6.63. The summed E-state index contributed by atoms with van der Waals surface area (Å²) in [6, 6.07) is 0.0914. The Hall–Kier alpha value is -0.830. The Labute approximate surface area is 60.8 Å². The maximum Gasteiger partial charge on any atom is 0.0540 e. The Morgan fingerprint density at radius 1 is 1.70 bits per heavy atom. The molecule has 3 nitrogen and oxygen atoms in total. The average Bonchev–Trinajstić information content (AvgIpc) is 2.14. The van der Waals surface area contributed by atoms with Gasteiger partial charge in [0.2, 0.25) is 0 Å². The van der Waals surface area contributed by atoms with Gasteiger partial charge in [-0.2, -0.15) is 5.10 Å². The second kappa shape index (κ2) is 2.42. The third kappa shape index (κ3) is 1.04. The molecule has 0 fully saturated rings. The number of hydrogen-bond donors (Lipinski definition) is 1. The predicted octanol–water partition coefficient (Wildman–Crippen LogP) is 0.748. The van der Waals surface area contributed by atoms with Crippen LogP contribution in [0.2, 0.25) is 0 Å². The maximum absolute atomic E-state index is 5.67. The molecule has 2 N–H and O–H groups in total. The van der Waals surface area contributed by atoms with Crippen molar-refractivity contribution >= 4 is 0 Å². The van der Waals surface area contributed by atoms with Gasteiger partial charge in [0.15, 0.2) is 0 Å². The number of nitrogens with two attached hydrogens (primary N) is 1. The topological polar surface area (TPSA) is 43.8 Å². The quantitative estimate of drug-likeness (QED) is 0.624. The van der Waals surface area contributed by atoms with Crippen molar-refractivity contribution in [1.82, 2.24) is 9.78 Å². The highest BCUT2D eigenvalue weighted by atomic mass is 15.3. The van der Waals surface area contributed by atoms with Crippen LogP contribution in [0.3, 0.4) is 0 Å². The van der Waals surface area contributed by atoms with E-state index in [-0.39, 0.29) is 6.04 Å². The first kappa shape index (κ1) is 7.28. The monoisotopic (exact) mass is 139 g/mol. The standard InChI is InChI=1S/C7H13N3/c1-5(8)7-4-9-10(3)6(7)2/h4-5H,8H2,1-3H3/t5-/m0/s1.